The van der Waals surface area contributed by atoms with E-state index in [2.05, 4.69) is 58.3 Å². The molecule has 3 saturated carbocycles. The van der Waals surface area contributed by atoms with Crippen molar-refractivity contribution < 1.29 is 19.1 Å². The van der Waals surface area contributed by atoms with Crippen LogP contribution >= 0.6 is 0 Å². The minimum absolute atomic E-state index is 0.0983. The molecule has 0 spiro atoms. The van der Waals surface area contributed by atoms with E-state index in [4.69, 9.17) is 9.47 Å². The van der Waals surface area contributed by atoms with Gasteiger partial charge in [-0.25, -0.2) is 9.59 Å². The summed E-state index contributed by atoms with van der Waals surface area (Å²) in [5.41, 5.74) is 1.03. The summed E-state index contributed by atoms with van der Waals surface area (Å²) in [5, 5.41) is 5.72. The third-order valence-electron chi connectivity index (χ3n) is 13.1. The van der Waals surface area contributed by atoms with Gasteiger partial charge in [-0.05, 0) is 138 Å². The molecule has 0 saturated heterocycles. The van der Waals surface area contributed by atoms with Gasteiger partial charge in [-0.2, -0.15) is 0 Å². The van der Waals surface area contributed by atoms with Crippen LogP contribution in [0.5, 0.6) is 0 Å². The van der Waals surface area contributed by atoms with E-state index in [1.807, 2.05) is 34.6 Å². The van der Waals surface area contributed by atoms with Gasteiger partial charge in [0.25, 0.3) is 0 Å². The molecule has 0 aromatic heterocycles. The predicted molar refractivity (Wildman–Crippen MR) is 184 cm³/mol. The van der Waals surface area contributed by atoms with E-state index in [1.54, 1.807) is 0 Å². The van der Waals surface area contributed by atoms with Gasteiger partial charge in [0.1, 0.15) is 11.7 Å². The normalized spacial score (nSPS) is 34.5. The summed E-state index contributed by atoms with van der Waals surface area (Å²) in [6.45, 7) is 24.5. The Morgan fingerprint density at radius 1 is 0.956 bits per heavy atom. The van der Waals surface area contributed by atoms with Crippen molar-refractivity contribution in [2.45, 2.75) is 164 Å². The Hall–Kier alpha value is -1.72. The monoisotopic (exact) mass is 629 g/mol. The molecular formula is C39H68N2O4. The molecule has 6 nitrogen and oxygen atoms in total. The van der Waals surface area contributed by atoms with Crippen molar-refractivity contribution in [3.63, 3.8) is 0 Å². The van der Waals surface area contributed by atoms with Crippen molar-refractivity contribution in [3.05, 3.63) is 11.6 Å². The van der Waals surface area contributed by atoms with Crippen LogP contribution in [0, 0.1) is 52.3 Å². The summed E-state index contributed by atoms with van der Waals surface area (Å²) in [6.07, 6.45) is 15.3. The quantitative estimate of drug-likeness (QED) is 0.236. The van der Waals surface area contributed by atoms with Crippen LogP contribution in [0.25, 0.3) is 0 Å². The highest BCUT2D eigenvalue weighted by molar-refractivity contribution is 5.70. The van der Waals surface area contributed by atoms with E-state index in [0.29, 0.717) is 5.41 Å². The number of hydrogen-bond acceptors (Lipinski definition) is 4. The van der Waals surface area contributed by atoms with Crippen molar-refractivity contribution >= 4 is 12.2 Å². The Kier molecular flexibility index (Phi) is 11.1. The van der Waals surface area contributed by atoms with E-state index in [-0.39, 0.29) is 18.1 Å². The second-order valence-electron chi connectivity index (χ2n) is 18.1. The summed E-state index contributed by atoms with van der Waals surface area (Å²) in [5.74, 6) is 5.76. The molecule has 6 heteroatoms. The minimum atomic E-state index is -0.661. The maximum absolute atomic E-state index is 13.0. The van der Waals surface area contributed by atoms with Gasteiger partial charge in [0.05, 0.1) is 5.54 Å². The lowest BCUT2D eigenvalue weighted by molar-refractivity contribution is -0.0585. The molecule has 4 aliphatic carbocycles. The number of nitrogens with one attached hydrogen (secondary N) is 2. The molecular weight excluding hydrogens is 560 g/mol. The van der Waals surface area contributed by atoms with E-state index in [1.165, 1.54) is 56.9 Å². The Morgan fingerprint density at radius 2 is 1.67 bits per heavy atom. The molecule has 0 unspecified atom stereocenters. The molecule has 2 N–H and O–H groups in total. The molecule has 0 aromatic carbocycles. The largest absolute Gasteiger partial charge is 0.446 e. The first-order chi connectivity index (χ1) is 20.9. The van der Waals surface area contributed by atoms with Crippen molar-refractivity contribution in [1.82, 2.24) is 10.6 Å². The molecule has 0 bridgehead atoms. The molecule has 4 aliphatic rings. The average Bonchev–Trinajstić information content (AvgIpc) is 3.28. The van der Waals surface area contributed by atoms with Gasteiger partial charge in [0.2, 0.25) is 0 Å². The van der Waals surface area contributed by atoms with Crippen molar-refractivity contribution in [2.24, 2.45) is 52.3 Å². The first-order valence-corrected chi connectivity index (χ1v) is 18.5. The van der Waals surface area contributed by atoms with Gasteiger partial charge in [0.15, 0.2) is 0 Å². The molecule has 0 radical (unpaired) electrons. The molecule has 0 aliphatic heterocycles. The topological polar surface area (TPSA) is 76.7 Å². The number of alkyl carbamates (subject to hydrolysis) is 2. The third-order valence-corrected chi connectivity index (χ3v) is 13.1. The second kappa shape index (κ2) is 13.8. The number of rotatable bonds is 10. The summed E-state index contributed by atoms with van der Waals surface area (Å²) in [7, 11) is 0. The fourth-order valence-corrected chi connectivity index (χ4v) is 10.5. The first-order valence-electron chi connectivity index (χ1n) is 18.5. The number of carbonyl (C=O) groups is 2. The van der Waals surface area contributed by atoms with Crippen LogP contribution in [0.1, 0.15) is 147 Å². The zero-order valence-corrected chi connectivity index (χ0v) is 30.8. The Balaban J connectivity index is 1.33. The van der Waals surface area contributed by atoms with Gasteiger partial charge in [0, 0.05) is 13.0 Å². The molecule has 0 aromatic rings. The smallest absolute Gasteiger partial charge is 0.407 e. The molecule has 2 amide bonds. The lowest BCUT2D eigenvalue weighted by Gasteiger charge is -2.58. The predicted octanol–water partition coefficient (Wildman–Crippen LogP) is 10.1. The minimum Gasteiger partial charge on any atom is -0.446 e. The third kappa shape index (κ3) is 8.23. The average molecular weight is 629 g/mol. The fraction of sp³-hybridized carbons (Fsp3) is 0.897. The fourth-order valence-electron chi connectivity index (χ4n) is 10.5. The lowest BCUT2D eigenvalue weighted by atomic mass is 9.47. The number of ether oxygens (including phenoxy) is 2. The number of hydrogen-bond donors (Lipinski definition) is 2. The second-order valence-corrected chi connectivity index (χ2v) is 18.1. The van der Waals surface area contributed by atoms with Crippen molar-refractivity contribution in [1.29, 1.82) is 0 Å². The molecule has 3 fully saturated rings. The van der Waals surface area contributed by atoms with Crippen LogP contribution in [0.3, 0.4) is 0 Å². The van der Waals surface area contributed by atoms with Gasteiger partial charge in [-0.15, -0.1) is 0 Å². The number of carbonyl (C=O) groups excluding carboxylic acids is 2. The zero-order valence-electron chi connectivity index (χ0n) is 30.8. The van der Waals surface area contributed by atoms with Crippen LogP contribution in [-0.2, 0) is 9.47 Å². The lowest BCUT2D eigenvalue weighted by Crippen LogP contribution is -2.53. The zero-order chi connectivity index (χ0) is 33.4. The first kappa shape index (κ1) is 36.1. The van der Waals surface area contributed by atoms with Crippen LogP contribution in [0.2, 0.25) is 0 Å². The van der Waals surface area contributed by atoms with Gasteiger partial charge < -0.3 is 20.1 Å². The maximum atomic E-state index is 13.0. The highest BCUT2D eigenvalue weighted by Crippen LogP contribution is 2.67. The van der Waals surface area contributed by atoms with Gasteiger partial charge in [-0.3, -0.25) is 0 Å². The van der Waals surface area contributed by atoms with E-state index in [0.717, 1.165) is 60.7 Å². The number of allylic oxidation sites excluding steroid dienone is 1. The Bertz CT molecular complexity index is 1080. The Labute approximate surface area is 276 Å². The van der Waals surface area contributed by atoms with E-state index >= 15 is 0 Å². The van der Waals surface area contributed by atoms with Crippen molar-refractivity contribution in [2.75, 3.05) is 6.54 Å². The number of amides is 2. The summed E-state index contributed by atoms with van der Waals surface area (Å²) in [4.78, 5) is 25.0. The van der Waals surface area contributed by atoms with Crippen LogP contribution in [0.4, 0.5) is 9.59 Å². The summed E-state index contributed by atoms with van der Waals surface area (Å²) >= 11 is 0. The van der Waals surface area contributed by atoms with Crippen molar-refractivity contribution in [3.8, 4) is 0 Å². The summed E-state index contributed by atoms with van der Waals surface area (Å²) in [6, 6.07) is 0. The molecule has 4 rings (SSSR count). The van der Waals surface area contributed by atoms with E-state index < -0.39 is 23.3 Å². The molecule has 9 atom stereocenters. The highest BCUT2D eigenvalue weighted by atomic mass is 16.6. The maximum Gasteiger partial charge on any atom is 0.407 e. The number of fused-ring (bicyclic) bond motifs is 5. The SMILES string of the molecule is CC[C@H](CC[C@@H](C)[C@H]1CC[C@H]2[C@@H]3CC=C4C[C@@H](OC(=O)NC(C)(C)CNC(=O)OC(C)(C)C)CC[C@]4(C)[C@H]3CC[C@]12C)C(C)C. The molecule has 258 valence electrons. The van der Waals surface area contributed by atoms with Crippen LogP contribution in [0.15, 0.2) is 11.6 Å². The van der Waals surface area contributed by atoms with Crippen LogP contribution < -0.4 is 10.6 Å². The highest BCUT2D eigenvalue weighted by Gasteiger charge is 2.59. The van der Waals surface area contributed by atoms with Crippen LogP contribution in [-0.4, -0.2) is 36.0 Å². The van der Waals surface area contributed by atoms with Gasteiger partial charge >= 0.3 is 12.2 Å². The molecule has 0 heterocycles. The summed E-state index contributed by atoms with van der Waals surface area (Å²) < 4.78 is 11.3. The van der Waals surface area contributed by atoms with E-state index in [9.17, 15) is 9.59 Å². The standard InChI is InChI=1S/C39H68N2O4/c1-12-27(25(2)3)14-13-26(4)31-17-18-32-30-16-15-28-23-29(19-21-38(28,10)33(30)20-22-39(31,32)11)44-35(43)41-37(8,9)24-40-34(42)45-36(5,6)7/h15,25-27,29-33H,12-14,16-24H2,1-11H3,(H,40,42)(H,41,43)/t26-,27-,29+,30+,31-,32+,33+,38+,39-/m1/s1. The molecule has 45 heavy (non-hydrogen) atoms. The Morgan fingerprint density at radius 3 is 2.31 bits per heavy atom. The van der Waals surface area contributed by atoms with Gasteiger partial charge in [-0.1, -0.05) is 66.0 Å².